The molecule has 13 nitrogen and oxygen atoms in total. The number of allylic oxidation sites excluding steroid dienone is 3. The highest BCUT2D eigenvalue weighted by molar-refractivity contribution is 5.26. The Morgan fingerprint density at radius 1 is 0.867 bits per heavy atom. The van der Waals surface area contributed by atoms with E-state index in [4.69, 9.17) is 18.9 Å². The van der Waals surface area contributed by atoms with Gasteiger partial charge in [0.05, 0.1) is 32.0 Å². The van der Waals surface area contributed by atoms with E-state index in [-0.39, 0.29) is 29.3 Å². The van der Waals surface area contributed by atoms with E-state index in [9.17, 15) is 46.0 Å². The van der Waals surface area contributed by atoms with Gasteiger partial charge in [0.2, 0.25) is 0 Å². The molecule has 0 aromatic heterocycles. The van der Waals surface area contributed by atoms with Crippen molar-refractivity contribution in [3.05, 3.63) is 24.3 Å². The van der Waals surface area contributed by atoms with Gasteiger partial charge in [-0.3, -0.25) is 0 Å². The molecule has 45 heavy (non-hydrogen) atoms. The monoisotopic (exact) mass is 644 g/mol. The van der Waals surface area contributed by atoms with Crippen molar-refractivity contribution in [2.24, 2.45) is 28.1 Å². The fourth-order valence-corrected chi connectivity index (χ4v) is 8.81. The number of aliphatic hydroxyl groups excluding tert-OH is 9. The standard InChI is InChI=1S/C32H52O13/c1-5-30(2)9-8-16-15(10-30)6-7-20-31(16,3)11-17(34)27(41)32(20,4)14-43-29-26(40)24(38)22(36)19(45-29)13-42-28-25(39)23(37)21(35)18(12-33)44-28/h5-6,16-29,33-41H,1,7-14H2,2-4H3/t16-,17+,18+,19+,20+,21+,22+,23-,24+,25+,26-,27-,28+,29+,30-,31+,32+/m0/s1. The molecule has 0 spiro atoms. The molecule has 4 fully saturated rings. The third-order valence-corrected chi connectivity index (χ3v) is 11.7. The van der Waals surface area contributed by atoms with E-state index >= 15 is 0 Å². The average molecular weight is 645 g/mol. The molecule has 0 unspecified atom stereocenters. The molecule has 0 aromatic rings. The smallest absolute Gasteiger partial charge is 0.186 e. The predicted octanol–water partition coefficient (Wildman–Crippen LogP) is -1.30. The van der Waals surface area contributed by atoms with Gasteiger partial charge in [0, 0.05) is 5.41 Å². The van der Waals surface area contributed by atoms with Gasteiger partial charge in [0.25, 0.3) is 0 Å². The second kappa shape index (κ2) is 13.1. The summed E-state index contributed by atoms with van der Waals surface area (Å²) in [4.78, 5) is 0. The van der Waals surface area contributed by atoms with Crippen LogP contribution in [0.3, 0.4) is 0 Å². The van der Waals surface area contributed by atoms with Crippen molar-refractivity contribution in [3.63, 3.8) is 0 Å². The summed E-state index contributed by atoms with van der Waals surface area (Å²) < 4.78 is 22.7. The number of aliphatic hydroxyl groups is 9. The summed E-state index contributed by atoms with van der Waals surface area (Å²) in [5.74, 6) is 0.148. The maximum atomic E-state index is 11.4. The molecule has 13 heteroatoms. The number of ether oxygens (including phenoxy) is 4. The van der Waals surface area contributed by atoms with Crippen molar-refractivity contribution >= 4 is 0 Å². The minimum absolute atomic E-state index is 0.0215. The number of hydrogen-bond donors (Lipinski definition) is 9. The molecular weight excluding hydrogens is 592 g/mol. The predicted molar refractivity (Wildman–Crippen MR) is 157 cm³/mol. The summed E-state index contributed by atoms with van der Waals surface area (Å²) in [5.41, 5.74) is 0.0975. The summed E-state index contributed by atoms with van der Waals surface area (Å²) in [6.45, 7) is 9.03. The molecule has 0 radical (unpaired) electrons. The molecule has 0 bridgehead atoms. The first-order valence-corrected chi connectivity index (χ1v) is 16.0. The van der Waals surface area contributed by atoms with Gasteiger partial charge in [-0.05, 0) is 54.8 Å². The first-order valence-electron chi connectivity index (χ1n) is 16.0. The van der Waals surface area contributed by atoms with Crippen molar-refractivity contribution in [1.29, 1.82) is 0 Å². The summed E-state index contributed by atoms with van der Waals surface area (Å²) >= 11 is 0. The van der Waals surface area contributed by atoms with Crippen LogP contribution in [-0.2, 0) is 18.9 Å². The van der Waals surface area contributed by atoms with Crippen LogP contribution in [-0.4, -0.2) is 139 Å². The maximum Gasteiger partial charge on any atom is 0.186 e. The Bertz CT molecular complexity index is 1090. The second-order valence-electron chi connectivity index (χ2n) is 14.8. The number of hydrogen-bond acceptors (Lipinski definition) is 13. The van der Waals surface area contributed by atoms with Gasteiger partial charge >= 0.3 is 0 Å². The largest absolute Gasteiger partial charge is 0.394 e. The normalized spacial score (nSPS) is 53.6. The van der Waals surface area contributed by atoms with Gasteiger partial charge in [0.1, 0.15) is 48.8 Å². The van der Waals surface area contributed by atoms with Crippen molar-refractivity contribution in [3.8, 4) is 0 Å². The Labute approximate surface area is 263 Å². The molecule has 5 aliphatic rings. The van der Waals surface area contributed by atoms with E-state index in [1.165, 1.54) is 5.57 Å². The molecule has 5 rings (SSSR count). The molecule has 2 heterocycles. The molecule has 9 N–H and O–H groups in total. The highest BCUT2D eigenvalue weighted by Crippen LogP contribution is 2.63. The van der Waals surface area contributed by atoms with E-state index in [0.717, 1.165) is 19.3 Å². The Morgan fingerprint density at radius 3 is 2.09 bits per heavy atom. The first-order chi connectivity index (χ1) is 21.1. The van der Waals surface area contributed by atoms with Crippen LogP contribution in [0.25, 0.3) is 0 Å². The summed E-state index contributed by atoms with van der Waals surface area (Å²) in [6.07, 6.45) is -9.25. The Kier molecular flexibility index (Phi) is 10.3. The van der Waals surface area contributed by atoms with E-state index in [1.54, 1.807) is 0 Å². The molecule has 0 amide bonds. The first kappa shape index (κ1) is 35.3. The highest BCUT2D eigenvalue weighted by Gasteiger charge is 2.61. The molecule has 2 saturated heterocycles. The quantitative estimate of drug-likeness (QED) is 0.141. The van der Waals surface area contributed by atoms with Gasteiger partial charge in [0.15, 0.2) is 12.6 Å². The average Bonchev–Trinajstić information content (AvgIpc) is 3.01. The maximum absolute atomic E-state index is 11.4. The molecular formula is C32H52O13. The van der Waals surface area contributed by atoms with Crippen LogP contribution in [0.4, 0.5) is 0 Å². The van der Waals surface area contributed by atoms with Crippen LogP contribution < -0.4 is 0 Å². The molecule has 258 valence electrons. The molecule has 2 saturated carbocycles. The van der Waals surface area contributed by atoms with Crippen LogP contribution in [0.5, 0.6) is 0 Å². The van der Waals surface area contributed by atoms with Crippen LogP contribution >= 0.6 is 0 Å². The van der Waals surface area contributed by atoms with Crippen molar-refractivity contribution in [2.75, 3.05) is 19.8 Å². The molecule has 17 atom stereocenters. The zero-order valence-electron chi connectivity index (χ0n) is 26.3. The highest BCUT2D eigenvalue weighted by atomic mass is 16.7. The Hall–Kier alpha value is -1.04. The van der Waals surface area contributed by atoms with E-state index in [0.29, 0.717) is 12.8 Å². The van der Waals surface area contributed by atoms with Gasteiger partial charge in [-0.25, -0.2) is 0 Å². The Morgan fingerprint density at radius 2 is 1.47 bits per heavy atom. The van der Waals surface area contributed by atoms with Crippen molar-refractivity contribution < 1.29 is 64.9 Å². The molecule has 0 aromatic carbocycles. The lowest BCUT2D eigenvalue weighted by Crippen LogP contribution is -2.64. The SMILES string of the molecule is C=C[C@@]1(C)CC[C@H]2C(=CC[C@@H]3[C@]2(C)C[C@@H](O)[C@H](O)[C@]3(C)CO[C@@H]2O[C@H](CO[C@@H]3O[C@H](CO)[C@@H](O)[C@H](O)[C@H]3O)[C@@H](O)[C@@H](O)[C@@H]2O)C1. The molecule has 3 aliphatic carbocycles. The van der Waals surface area contributed by atoms with Crippen LogP contribution in [0.15, 0.2) is 24.3 Å². The minimum Gasteiger partial charge on any atom is -0.394 e. The lowest BCUT2D eigenvalue weighted by atomic mass is 9.44. The van der Waals surface area contributed by atoms with Crippen LogP contribution in [0.2, 0.25) is 0 Å². The van der Waals surface area contributed by atoms with Gasteiger partial charge in [-0.2, -0.15) is 0 Å². The van der Waals surface area contributed by atoms with Gasteiger partial charge in [-0.15, -0.1) is 6.58 Å². The summed E-state index contributed by atoms with van der Waals surface area (Å²) in [5, 5.41) is 94.3. The fraction of sp³-hybridized carbons (Fsp3) is 0.875. The van der Waals surface area contributed by atoms with Gasteiger partial charge < -0.3 is 64.9 Å². The van der Waals surface area contributed by atoms with E-state index in [2.05, 4.69) is 26.5 Å². The summed E-state index contributed by atoms with van der Waals surface area (Å²) in [7, 11) is 0. The zero-order valence-corrected chi connectivity index (χ0v) is 26.3. The number of rotatable bonds is 8. The summed E-state index contributed by atoms with van der Waals surface area (Å²) in [6, 6.07) is 0. The van der Waals surface area contributed by atoms with Crippen LogP contribution in [0.1, 0.15) is 52.9 Å². The zero-order chi connectivity index (χ0) is 33.1. The fourth-order valence-electron chi connectivity index (χ4n) is 8.81. The second-order valence-corrected chi connectivity index (χ2v) is 14.8. The van der Waals surface area contributed by atoms with Crippen molar-refractivity contribution in [1.82, 2.24) is 0 Å². The third kappa shape index (κ3) is 6.18. The minimum atomic E-state index is -1.70. The van der Waals surface area contributed by atoms with Crippen LogP contribution in [0, 0.1) is 28.1 Å². The van der Waals surface area contributed by atoms with Gasteiger partial charge in [-0.1, -0.05) is 38.5 Å². The van der Waals surface area contributed by atoms with E-state index < -0.39 is 92.2 Å². The number of fused-ring (bicyclic) bond motifs is 3. The lowest BCUT2D eigenvalue weighted by Gasteiger charge is -2.62. The molecule has 2 aliphatic heterocycles. The van der Waals surface area contributed by atoms with E-state index in [1.807, 2.05) is 13.0 Å². The lowest BCUT2D eigenvalue weighted by molar-refractivity contribution is -0.336. The Balaban J connectivity index is 1.29. The third-order valence-electron chi connectivity index (χ3n) is 11.7. The topological polar surface area (TPSA) is 219 Å². The van der Waals surface area contributed by atoms with Crippen molar-refractivity contribution in [2.45, 2.75) is 126 Å².